The van der Waals surface area contributed by atoms with E-state index in [2.05, 4.69) is 10.0 Å². The number of azide groups is 1. The molecular formula is C5H10N4O2. The van der Waals surface area contributed by atoms with Crippen LogP contribution in [0.15, 0.2) is 5.11 Å². The zero-order chi connectivity index (χ0) is 8.53. The lowest BCUT2D eigenvalue weighted by Gasteiger charge is -1.97. The number of ether oxygens (including phenoxy) is 1. The van der Waals surface area contributed by atoms with Gasteiger partial charge >= 0.3 is 0 Å². The SMILES string of the molecule is [N-]=[N+]=NCCCOCC(N)=O. The Labute approximate surface area is 63.9 Å². The topological polar surface area (TPSA) is 101 Å². The fraction of sp³-hybridized carbons (Fsp3) is 0.800. The number of carbonyl (C=O) groups is 1. The summed E-state index contributed by atoms with van der Waals surface area (Å²) in [4.78, 5) is 12.6. The predicted molar refractivity (Wildman–Crippen MR) is 38.6 cm³/mol. The second-order valence-corrected chi connectivity index (χ2v) is 1.83. The Balaban J connectivity index is 3.02. The molecule has 2 N–H and O–H groups in total. The van der Waals surface area contributed by atoms with Crippen molar-refractivity contribution in [2.24, 2.45) is 10.8 Å². The largest absolute Gasteiger partial charge is 0.372 e. The summed E-state index contributed by atoms with van der Waals surface area (Å²) in [5.74, 6) is -0.492. The minimum atomic E-state index is -0.492. The molecule has 0 aromatic rings. The molecule has 0 saturated heterocycles. The van der Waals surface area contributed by atoms with Crippen molar-refractivity contribution >= 4 is 5.91 Å². The molecule has 0 unspecified atom stereocenters. The molecule has 6 nitrogen and oxygen atoms in total. The zero-order valence-corrected chi connectivity index (χ0v) is 6.06. The molecule has 0 aromatic heterocycles. The van der Waals surface area contributed by atoms with Crippen molar-refractivity contribution in [3.05, 3.63) is 10.4 Å². The number of hydrogen-bond donors (Lipinski definition) is 1. The van der Waals surface area contributed by atoms with Crippen LogP contribution in [0.5, 0.6) is 0 Å². The molecule has 0 aliphatic heterocycles. The van der Waals surface area contributed by atoms with Crippen molar-refractivity contribution in [1.29, 1.82) is 0 Å². The third kappa shape index (κ3) is 8.74. The number of hydrogen-bond acceptors (Lipinski definition) is 3. The van der Waals surface area contributed by atoms with Crippen LogP contribution < -0.4 is 5.73 Å². The highest BCUT2D eigenvalue weighted by atomic mass is 16.5. The second-order valence-electron chi connectivity index (χ2n) is 1.83. The summed E-state index contributed by atoms with van der Waals surface area (Å²) < 4.78 is 4.78. The number of amides is 1. The van der Waals surface area contributed by atoms with Crippen LogP contribution in [0.1, 0.15) is 6.42 Å². The summed E-state index contributed by atoms with van der Waals surface area (Å²) >= 11 is 0. The Morgan fingerprint density at radius 1 is 1.73 bits per heavy atom. The third-order valence-corrected chi connectivity index (χ3v) is 0.854. The lowest BCUT2D eigenvalue weighted by atomic mass is 10.5. The van der Waals surface area contributed by atoms with Crippen molar-refractivity contribution in [2.75, 3.05) is 19.8 Å². The summed E-state index contributed by atoms with van der Waals surface area (Å²) in [5, 5.41) is 3.27. The van der Waals surface area contributed by atoms with Crippen LogP contribution in [-0.4, -0.2) is 25.7 Å². The van der Waals surface area contributed by atoms with Crippen molar-refractivity contribution in [2.45, 2.75) is 6.42 Å². The van der Waals surface area contributed by atoms with Gasteiger partial charge in [-0.3, -0.25) is 4.79 Å². The van der Waals surface area contributed by atoms with Crippen LogP contribution in [0, 0.1) is 0 Å². The maximum absolute atomic E-state index is 10.1. The minimum Gasteiger partial charge on any atom is -0.372 e. The summed E-state index contributed by atoms with van der Waals surface area (Å²) in [5.41, 5.74) is 12.6. The molecule has 0 aliphatic carbocycles. The van der Waals surface area contributed by atoms with Gasteiger partial charge in [-0.05, 0) is 12.0 Å². The first-order valence-electron chi connectivity index (χ1n) is 3.14. The summed E-state index contributed by atoms with van der Waals surface area (Å²) in [6.07, 6.45) is 0.608. The predicted octanol–water partition coefficient (Wildman–Crippen LogP) is 0.189. The quantitative estimate of drug-likeness (QED) is 0.258. The lowest BCUT2D eigenvalue weighted by molar-refractivity contribution is -0.122. The highest BCUT2D eigenvalue weighted by Gasteiger charge is 1.91. The van der Waals surface area contributed by atoms with Gasteiger partial charge in [0.15, 0.2) is 0 Å². The van der Waals surface area contributed by atoms with Crippen molar-refractivity contribution in [3.63, 3.8) is 0 Å². The fourth-order valence-electron chi connectivity index (χ4n) is 0.455. The Hall–Kier alpha value is -1.26. The minimum absolute atomic E-state index is 0.0731. The lowest BCUT2D eigenvalue weighted by Crippen LogP contribution is -2.18. The molecule has 0 aliphatic rings. The average Bonchev–Trinajstić information content (AvgIpc) is 1.96. The standard InChI is InChI=1S/C5H10N4O2/c6-5(10)4-11-3-1-2-8-9-7/h1-4H2,(H2,6,10). The highest BCUT2D eigenvalue weighted by molar-refractivity contribution is 5.74. The van der Waals surface area contributed by atoms with Crippen LogP contribution in [-0.2, 0) is 9.53 Å². The summed E-state index contributed by atoms with van der Waals surface area (Å²) in [6.45, 7) is 0.702. The maximum atomic E-state index is 10.1. The molecule has 0 atom stereocenters. The van der Waals surface area contributed by atoms with Crippen LogP contribution >= 0.6 is 0 Å². The molecule has 0 heterocycles. The number of primary amides is 1. The summed E-state index contributed by atoms with van der Waals surface area (Å²) in [7, 11) is 0. The molecule has 62 valence electrons. The van der Waals surface area contributed by atoms with E-state index in [1.54, 1.807) is 0 Å². The highest BCUT2D eigenvalue weighted by Crippen LogP contribution is 1.83. The van der Waals surface area contributed by atoms with E-state index in [4.69, 9.17) is 16.0 Å². The number of nitrogens with zero attached hydrogens (tertiary/aromatic N) is 3. The van der Waals surface area contributed by atoms with E-state index in [0.717, 1.165) is 0 Å². The smallest absolute Gasteiger partial charge is 0.243 e. The first-order valence-corrected chi connectivity index (χ1v) is 3.14. The van der Waals surface area contributed by atoms with Gasteiger partial charge in [0.05, 0.1) is 0 Å². The van der Waals surface area contributed by atoms with Crippen LogP contribution in [0.2, 0.25) is 0 Å². The van der Waals surface area contributed by atoms with E-state index >= 15 is 0 Å². The van der Waals surface area contributed by atoms with Gasteiger partial charge in [0.25, 0.3) is 0 Å². The van der Waals surface area contributed by atoms with Gasteiger partial charge in [-0.15, -0.1) is 0 Å². The molecule has 1 amide bonds. The molecular weight excluding hydrogens is 148 g/mol. The van der Waals surface area contributed by atoms with Crippen LogP contribution in [0.4, 0.5) is 0 Å². The molecule has 0 spiro atoms. The van der Waals surface area contributed by atoms with Gasteiger partial charge in [0.2, 0.25) is 5.91 Å². The summed E-state index contributed by atoms with van der Waals surface area (Å²) in [6, 6.07) is 0. The van der Waals surface area contributed by atoms with E-state index in [1.165, 1.54) is 0 Å². The monoisotopic (exact) mass is 158 g/mol. The number of nitrogens with two attached hydrogens (primary N) is 1. The zero-order valence-electron chi connectivity index (χ0n) is 6.06. The van der Waals surface area contributed by atoms with Crippen molar-refractivity contribution in [1.82, 2.24) is 0 Å². The van der Waals surface area contributed by atoms with Gasteiger partial charge in [-0.1, -0.05) is 5.11 Å². The second kappa shape index (κ2) is 6.85. The Bertz CT molecular complexity index is 160. The van der Waals surface area contributed by atoms with Crippen LogP contribution in [0.25, 0.3) is 10.4 Å². The van der Waals surface area contributed by atoms with E-state index in [0.29, 0.717) is 19.6 Å². The maximum Gasteiger partial charge on any atom is 0.243 e. The van der Waals surface area contributed by atoms with E-state index in [1.807, 2.05) is 0 Å². The number of rotatable bonds is 6. The van der Waals surface area contributed by atoms with E-state index in [9.17, 15) is 4.79 Å². The molecule has 0 aromatic carbocycles. The molecule has 0 bridgehead atoms. The van der Waals surface area contributed by atoms with Gasteiger partial charge in [0, 0.05) is 18.1 Å². The Morgan fingerprint density at radius 2 is 2.45 bits per heavy atom. The molecule has 0 rings (SSSR count). The van der Waals surface area contributed by atoms with Crippen molar-refractivity contribution in [3.8, 4) is 0 Å². The molecule has 0 saturated carbocycles. The average molecular weight is 158 g/mol. The normalized spacial score (nSPS) is 8.73. The molecule has 11 heavy (non-hydrogen) atoms. The first kappa shape index (κ1) is 9.74. The van der Waals surface area contributed by atoms with E-state index in [-0.39, 0.29) is 6.61 Å². The van der Waals surface area contributed by atoms with Gasteiger partial charge in [-0.2, -0.15) is 0 Å². The fourth-order valence-corrected chi connectivity index (χ4v) is 0.455. The van der Waals surface area contributed by atoms with Crippen LogP contribution in [0.3, 0.4) is 0 Å². The molecule has 6 heteroatoms. The van der Waals surface area contributed by atoms with Gasteiger partial charge in [0.1, 0.15) is 6.61 Å². The number of carbonyl (C=O) groups excluding carboxylic acids is 1. The van der Waals surface area contributed by atoms with Gasteiger partial charge in [-0.25, -0.2) is 0 Å². The van der Waals surface area contributed by atoms with Gasteiger partial charge < -0.3 is 10.5 Å². The third-order valence-electron chi connectivity index (χ3n) is 0.854. The van der Waals surface area contributed by atoms with Crippen molar-refractivity contribution < 1.29 is 9.53 Å². The van der Waals surface area contributed by atoms with E-state index < -0.39 is 5.91 Å². The Kier molecular flexibility index (Phi) is 6.07. The molecule has 0 radical (unpaired) electrons. The molecule has 0 fully saturated rings. The first-order chi connectivity index (χ1) is 5.27. The Morgan fingerprint density at radius 3 is 3.00 bits per heavy atom.